The number of nitrogens with one attached hydrogen (secondary N) is 1. The van der Waals surface area contributed by atoms with E-state index in [1.54, 1.807) is 38.4 Å². The topological polar surface area (TPSA) is 86.3 Å². The van der Waals surface area contributed by atoms with Crippen molar-refractivity contribution in [3.8, 4) is 23.0 Å². The minimum Gasteiger partial charge on any atom is -0.497 e. The maximum Gasteiger partial charge on any atom is 0.261 e. The summed E-state index contributed by atoms with van der Waals surface area (Å²) in [5, 5.41) is 3.04. The number of hydrogen-bond acceptors (Lipinski definition) is 6. The molecule has 0 fully saturated rings. The number of ether oxygens (including phenoxy) is 4. The van der Waals surface area contributed by atoms with Crippen LogP contribution in [0.15, 0.2) is 103 Å². The molecule has 8 heteroatoms. The van der Waals surface area contributed by atoms with Crippen LogP contribution in [0.25, 0.3) is 0 Å². The summed E-state index contributed by atoms with van der Waals surface area (Å²) in [6.45, 7) is 0.342. The minimum absolute atomic E-state index is 0.198. The molecular formula is C34H36N2O6. The number of nitrogens with zero attached hydrogens (tertiary/aromatic N) is 1. The minimum atomic E-state index is -0.884. The van der Waals surface area contributed by atoms with Gasteiger partial charge in [0.1, 0.15) is 17.5 Å². The highest BCUT2D eigenvalue weighted by Gasteiger charge is 2.31. The monoisotopic (exact) mass is 568 g/mol. The van der Waals surface area contributed by atoms with E-state index in [0.717, 1.165) is 11.1 Å². The predicted octanol–water partition coefficient (Wildman–Crippen LogP) is 5.22. The number of benzene rings is 4. The molecule has 4 aromatic rings. The number of amides is 2. The molecule has 0 radical (unpaired) electrons. The molecule has 0 aliphatic rings. The first kappa shape index (κ1) is 30.0. The first-order valence-electron chi connectivity index (χ1n) is 13.7. The highest BCUT2D eigenvalue weighted by Crippen LogP contribution is 2.28. The summed E-state index contributed by atoms with van der Waals surface area (Å²) in [6.07, 6.45) is 0.567. The van der Waals surface area contributed by atoms with E-state index in [9.17, 15) is 9.59 Å². The fourth-order valence-corrected chi connectivity index (χ4v) is 4.57. The Bertz CT molecular complexity index is 1430. The molecule has 0 aliphatic carbocycles. The first-order valence-corrected chi connectivity index (χ1v) is 13.7. The molecule has 1 atom stereocenters. The molecule has 4 aromatic carbocycles. The summed E-state index contributed by atoms with van der Waals surface area (Å²) in [5.74, 6) is 1.93. The van der Waals surface area contributed by atoms with E-state index in [0.29, 0.717) is 41.5 Å². The molecule has 0 unspecified atom stereocenters. The van der Waals surface area contributed by atoms with E-state index in [1.165, 1.54) is 0 Å². The van der Waals surface area contributed by atoms with Crippen LogP contribution in [-0.4, -0.2) is 51.2 Å². The Kier molecular flexibility index (Phi) is 10.8. The standard InChI is InChI=1S/C34H36N2O6/c1-39-28-17-14-26(15-18-28)23-36(32(37)24-42-29-12-8-5-9-13-29)33(27-10-6-4-7-11-27)34(38)35-21-20-25-16-19-30(40-2)31(22-25)41-3/h4-19,22,33H,20-21,23-24H2,1-3H3,(H,35,38)/t33-/m1/s1. The van der Waals surface area contributed by atoms with Gasteiger partial charge >= 0.3 is 0 Å². The van der Waals surface area contributed by atoms with Gasteiger partial charge < -0.3 is 29.2 Å². The van der Waals surface area contributed by atoms with Crippen LogP contribution in [0.2, 0.25) is 0 Å². The summed E-state index contributed by atoms with van der Waals surface area (Å²) >= 11 is 0. The van der Waals surface area contributed by atoms with Gasteiger partial charge in [0.25, 0.3) is 5.91 Å². The van der Waals surface area contributed by atoms with E-state index in [4.69, 9.17) is 18.9 Å². The van der Waals surface area contributed by atoms with Crippen molar-refractivity contribution in [2.75, 3.05) is 34.5 Å². The van der Waals surface area contributed by atoms with Crippen molar-refractivity contribution in [3.05, 3.63) is 120 Å². The lowest BCUT2D eigenvalue weighted by molar-refractivity contribution is -0.143. The van der Waals surface area contributed by atoms with Gasteiger partial charge in [0.2, 0.25) is 5.91 Å². The van der Waals surface area contributed by atoms with Gasteiger partial charge in [-0.05, 0) is 59.5 Å². The van der Waals surface area contributed by atoms with Crippen molar-refractivity contribution in [2.45, 2.75) is 19.0 Å². The molecule has 4 rings (SSSR count). The SMILES string of the molecule is COc1ccc(CN(C(=O)COc2ccccc2)[C@@H](C(=O)NCCc2ccc(OC)c(OC)c2)c2ccccc2)cc1. The molecule has 1 N–H and O–H groups in total. The van der Waals surface area contributed by atoms with E-state index in [1.807, 2.05) is 91.0 Å². The average molecular weight is 569 g/mol. The first-order chi connectivity index (χ1) is 20.5. The summed E-state index contributed by atoms with van der Waals surface area (Å²) < 4.78 is 21.8. The maximum atomic E-state index is 13.9. The molecule has 42 heavy (non-hydrogen) atoms. The van der Waals surface area contributed by atoms with Crippen LogP contribution >= 0.6 is 0 Å². The molecule has 0 heterocycles. The number of hydrogen-bond donors (Lipinski definition) is 1. The van der Waals surface area contributed by atoms with Crippen molar-refractivity contribution in [1.82, 2.24) is 10.2 Å². The highest BCUT2D eigenvalue weighted by atomic mass is 16.5. The number of carbonyl (C=O) groups is 2. The predicted molar refractivity (Wildman–Crippen MR) is 161 cm³/mol. The Hall–Kier alpha value is -4.98. The van der Waals surface area contributed by atoms with Gasteiger partial charge in [0.05, 0.1) is 21.3 Å². The summed E-state index contributed by atoms with van der Waals surface area (Å²) in [5.41, 5.74) is 2.53. The van der Waals surface area contributed by atoms with Crippen molar-refractivity contribution < 1.29 is 28.5 Å². The van der Waals surface area contributed by atoms with Crippen molar-refractivity contribution in [2.24, 2.45) is 0 Å². The third-order valence-electron chi connectivity index (χ3n) is 6.77. The number of carbonyl (C=O) groups excluding carboxylic acids is 2. The Morgan fingerprint density at radius 3 is 2.00 bits per heavy atom. The van der Waals surface area contributed by atoms with Gasteiger partial charge in [0, 0.05) is 13.1 Å². The number of rotatable bonds is 14. The molecule has 0 saturated heterocycles. The zero-order chi connectivity index (χ0) is 29.7. The lowest BCUT2D eigenvalue weighted by Gasteiger charge is -2.31. The molecule has 0 aromatic heterocycles. The van der Waals surface area contributed by atoms with Crippen LogP contribution in [0.4, 0.5) is 0 Å². The molecule has 8 nitrogen and oxygen atoms in total. The average Bonchev–Trinajstić information content (AvgIpc) is 3.04. The van der Waals surface area contributed by atoms with Gasteiger partial charge in [-0.3, -0.25) is 9.59 Å². The number of methoxy groups -OCH3 is 3. The summed E-state index contributed by atoms with van der Waals surface area (Å²) in [4.78, 5) is 29.2. The van der Waals surface area contributed by atoms with E-state index in [2.05, 4.69) is 5.32 Å². The Balaban J connectivity index is 1.57. The fraction of sp³-hybridized carbons (Fsp3) is 0.235. The van der Waals surface area contributed by atoms with Crippen LogP contribution < -0.4 is 24.3 Å². The second-order valence-corrected chi connectivity index (χ2v) is 9.52. The normalized spacial score (nSPS) is 11.2. The van der Waals surface area contributed by atoms with Gasteiger partial charge in [-0.1, -0.05) is 66.7 Å². The van der Waals surface area contributed by atoms with Crippen molar-refractivity contribution >= 4 is 11.8 Å². The molecule has 0 saturated carbocycles. The molecule has 0 bridgehead atoms. The third-order valence-corrected chi connectivity index (χ3v) is 6.77. The van der Waals surface area contributed by atoms with E-state index >= 15 is 0 Å². The summed E-state index contributed by atoms with van der Waals surface area (Å²) in [6, 6.07) is 30.6. The molecule has 0 aliphatic heterocycles. The highest BCUT2D eigenvalue weighted by molar-refractivity contribution is 5.89. The third kappa shape index (κ3) is 8.04. The smallest absolute Gasteiger partial charge is 0.261 e. The van der Waals surface area contributed by atoms with Crippen LogP contribution in [0.5, 0.6) is 23.0 Å². The van der Waals surface area contributed by atoms with Gasteiger partial charge in [-0.25, -0.2) is 0 Å². The van der Waals surface area contributed by atoms with E-state index < -0.39 is 6.04 Å². The van der Waals surface area contributed by atoms with Crippen LogP contribution in [-0.2, 0) is 22.6 Å². The largest absolute Gasteiger partial charge is 0.497 e. The maximum absolute atomic E-state index is 13.9. The molecule has 0 spiro atoms. The lowest BCUT2D eigenvalue weighted by Crippen LogP contribution is -2.45. The fourth-order valence-electron chi connectivity index (χ4n) is 4.57. The Morgan fingerprint density at radius 2 is 1.36 bits per heavy atom. The van der Waals surface area contributed by atoms with Crippen molar-refractivity contribution in [3.63, 3.8) is 0 Å². The molecular weight excluding hydrogens is 532 g/mol. The molecule has 2 amide bonds. The van der Waals surface area contributed by atoms with E-state index in [-0.39, 0.29) is 25.0 Å². The lowest BCUT2D eigenvalue weighted by atomic mass is 10.0. The van der Waals surface area contributed by atoms with Crippen LogP contribution in [0, 0.1) is 0 Å². The van der Waals surface area contributed by atoms with Gasteiger partial charge in [-0.2, -0.15) is 0 Å². The summed E-state index contributed by atoms with van der Waals surface area (Å²) in [7, 11) is 4.78. The van der Waals surface area contributed by atoms with Crippen LogP contribution in [0.3, 0.4) is 0 Å². The second-order valence-electron chi connectivity index (χ2n) is 9.52. The number of para-hydroxylation sites is 1. The molecule has 218 valence electrons. The van der Waals surface area contributed by atoms with Gasteiger partial charge in [0.15, 0.2) is 18.1 Å². The van der Waals surface area contributed by atoms with Crippen LogP contribution in [0.1, 0.15) is 22.7 Å². The Labute approximate surface area is 246 Å². The second kappa shape index (κ2) is 15.1. The van der Waals surface area contributed by atoms with Crippen molar-refractivity contribution in [1.29, 1.82) is 0 Å². The Morgan fingerprint density at radius 1 is 0.714 bits per heavy atom. The van der Waals surface area contributed by atoms with Gasteiger partial charge in [-0.15, -0.1) is 0 Å². The zero-order valence-electron chi connectivity index (χ0n) is 24.1. The zero-order valence-corrected chi connectivity index (χ0v) is 24.1. The quantitative estimate of drug-likeness (QED) is 0.225.